The number of halogens is 1. The first kappa shape index (κ1) is 14.4. The SMILES string of the molecule is Cc1cc(C)c(C)c(OCCC(C)CCCl)c1. The molecule has 0 aliphatic heterocycles. The van der Waals surface area contributed by atoms with Gasteiger partial charge in [-0.15, -0.1) is 11.6 Å². The van der Waals surface area contributed by atoms with Crippen molar-refractivity contribution < 1.29 is 4.74 Å². The third kappa shape index (κ3) is 4.59. The van der Waals surface area contributed by atoms with Crippen LogP contribution < -0.4 is 4.74 Å². The maximum atomic E-state index is 5.87. The van der Waals surface area contributed by atoms with Crippen LogP contribution in [0.1, 0.15) is 36.5 Å². The van der Waals surface area contributed by atoms with Crippen LogP contribution in [0.25, 0.3) is 0 Å². The summed E-state index contributed by atoms with van der Waals surface area (Å²) in [6.07, 6.45) is 2.13. The fourth-order valence-corrected chi connectivity index (χ4v) is 2.22. The molecule has 1 aromatic rings. The molecule has 1 nitrogen and oxygen atoms in total. The molecule has 0 N–H and O–H groups in total. The summed E-state index contributed by atoms with van der Waals surface area (Å²) in [6.45, 7) is 9.36. The molecule has 0 bridgehead atoms. The van der Waals surface area contributed by atoms with Crippen molar-refractivity contribution in [1.82, 2.24) is 0 Å². The predicted molar refractivity (Wildman–Crippen MR) is 75.3 cm³/mol. The highest BCUT2D eigenvalue weighted by molar-refractivity contribution is 6.17. The van der Waals surface area contributed by atoms with Gasteiger partial charge in [0.05, 0.1) is 6.61 Å². The first-order chi connectivity index (χ1) is 8.04. The van der Waals surface area contributed by atoms with Crippen molar-refractivity contribution in [1.29, 1.82) is 0 Å². The largest absolute Gasteiger partial charge is 0.493 e. The fourth-order valence-electron chi connectivity index (χ4n) is 1.85. The van der Waals surface area contributed by atoms with Crippen molar-refractivity contribution in [2.24, 2.45) is 5.92 Å². The number of aryl methyl sites for hydroxylation is 2. The standard InChI is InChI=1S/C15H23ClO/c1-11(5-7-16)6-8-17-15-10-12(2)9-13(3)14(15)4/h9-11H,5-8H2,1-4H3. The molecular formula is C15H23ClO. The molecule has 0 fully saturated rings. The minimum Gasteiger partial charge on any atom is -0.493 e. The molecule has 0 aromatic heterocycles. The van der Waals surface area contributed by atoms with Crippen molar-refractivity contribution in [2.45, 2.75) is 40.5 Å². The summed E-state index contributed by atoms with van der Waals surface area (Å²) in [5.74, 6) is 2.41. The summed E-state index contributed by atoms with van der Waals surface area (Å²) < 4.78 is 5.87. The lowest BCUT2D eigenvalue weighted by atomic mass is 10.0. The van der Waals surface area contributed by atoms with Gasteiger partial charge in [-0.05, 0) is 62.3 Å². The van der Waals surface area contributed by atoms with Crippen molar-refractivity contribution in [3.8, 4) is 5.75 Å². The second-order valence-electron chi connectivity index (χ2n) is 4.92. The molecule has 2 heteroatoms. The van der Waals surface area contributed by atoms with Crippen molar-refractivity contribution in [3.63, 3.8) is 0 Å². The van der Waals surface area contributed by atoms with Gasteiger partial charge in [-0.25, -0.2) is 0 Å². The lowest BCUT2D eigenvalue weighted by Gasteiger charge is -2.14. The van der Waals surface area contributed by atoms with E-state index in [0.29, 0.717) is 5.92 Å². The minimum atomic E-state index is 0.638. The average Bonchev–Trinajstić information content (AvgIpc) is 2.25. The number of hydrogen-bond acceptors (Lipinski definition) is 1. The van der Waals surface area contributed by atoms with Crippen LogP contribution in [-0.2, 0) is 0 Å². The van der Waals surface area contributed by atoms with E-state index < -0.39 is 0 Å². The topological polar surface area (TPSA) is 9.23 Å². The summed E-state index contributed by atoms with van der Waals surface area (Å²) in [7, 11) is 0. The highest BCUT2D eigenvalue weighted by Crippen LogP contribution is 2.23. The highest BCUT2D eigenvalue weighted by Gasteiger charge is 2.05. The molecule has 1 unspecified atom stereocenters. The van der Waals surface area contributed by atoms with E-state index in [9.17, 15) is 0 Å². The monoisotopic (exact) mass is 254 g/mol. The normalized spacial score (nSPS) is 12.5. The maximum absolute atomic E-state index is 5.87. The Morgan fingerprint density at radius 2 is 1.88 bits per heavy atom. The van der Waals surface area contributed by atoms with E-state index in [1.54, 1.807) is 0 Å². The fraction of sp³-hybridized carbons (Fsp3) is 0.600. The van der Waals surface area contributed by atoms with E-state index in [1.165, 1.54) is 16.7 Å². The minimum absolute atomic E-state index is 0.638. The Morgan fingerprint density at radius 3 is 2.53 bits per heavy atom. The second kappa shape index (κ2) is 6.90. The molecule has 0 aliphatic carbocycles. The zero-order valence-corrected chi connectivity index (χ0v) is 12.1. The van der Waals surface area contributed by atoms with Crippen LogP contribution in [0.5, 0.6) is 5.75 Å². The van der Waals surface area contributed by atoms with Crippen LogP contribution in [0, 0.1) is 26.7 Å². The number of benzene rings is 1. The molecule has 1 rings (SSSR count). The quantitative estimate of drug-likeness (QED) is 0.672. The van der Waals surface area contributed by atoms with Crippen LogP contribution in [0.15, 0.2) is 12.1 Å². The molecule has 0 radical (unpaired) electrons. The van der Waals surface area contributed by atoms with Gasteiger partial charge in [-0.1, -0.05) is 13.0 Å². The van der Waals surface area contributed by atoms with Gasteiger partial charge in [0.1, 0.15) is 5.75 Å². The van der Waals surface area contributed by atoms with Crippen molar-refractivity contribution in [3.05, 3.63) is 28.8 Å². The number of rotatable bonds is 6. The van der Waals surface area contributed by atoms with Crippen molar-refractivity contribution >= 4 is 11.6 Å². The lowest BCUT2D eigenvalue weighted by Crippen LogP contribution is -2.06. The molecule has 0 saturated heterocycles. The predicted octanol–water partition coefficient (Wildman–Crippen LogP) is 4.65. The Balaban J connectivity index is 2.52. The summed E-state index contributed by atoms with van der Waals surface area (Å²) in [4.78, 5) is 0. The summed E-state index contributed by atoms with van der Waals surface area (Å²) in [5, 5.41) is 0. The van der Waals surface area contributed by atoms with Crippen LogP contribution >= 0.6 is 11.6 Å². The Morgan fingerprint density at radius 1 is 1.18 bits per heavy atom. The van der Waals surface area contributed by atoms with Gasteiger partial charge in [-0.3, -0.25) is 0 Å². The molecule has 17 heavy (non-hydrogen) atoms. The zero-order valence-electron chi connectivity index (χ0n) is 11.3. The molecule has 96 valence electrons. The van der Waals surface area contributed by atoms with E-state index in [0.717, 1.165) is 31.1 Å². The van der Waals surface area contributed by atoms with Gasteiger partial charge in [0.25, 0.3) is 0 Å². The molecule has 0 spiro atoms. The molecule has 0 saturated carbocycles. The van der Waals surface area contributed by atoms with E-state index >= 15 is 0 Å². The maximum Gasteiger partial charge on any atom is 0.122 e. The Labute approximate surface area is 110 Å². The molecule has 1 aromatic carbocycles. The van der Waals surface area contributed by atoms with Gasteiger partial charge in [0.15, 0.2) is 0 Å². The number of hydrogen-bond donors (Lipinski definition) is 0. The lowest BCUT2D eigenvalue weighted by molar-refractivity contribution is 0.280. The summed E-state index contributed by atoms with van der Waals surface area (Å²) >= 11 is 5.72. The zero-order chi connectivity index (χ0) is 12.8. The molecule has 0 heterocycles. The Kier molecular flexibility index (Phi) is 5.84. The van der Waals surface area contributed by atoms with Gasteiger partial charge >= 0.3 is 0 Å². The van der Waals surface area contributed by atoms with E-state index in [2.05, 4.69) is 39.8 Å². The van der Waals surface area contributed by atoms with Gasteiger partial charge in [0.2, 0.25) is 0 Å². The molecule has 1 atom stereocenters. The van der Waals surface area contributed by atoms with E-state index in [4.69, 9.17) is 16.3 Å². The Hall–Kier alpha value is -0.690. The first-order valence-corrected chi connectivity index (χ1v) is 6.84. The molecule has 0 amide bonds. The van der Waals surface area contributed by atoms with Crippen LogP contribution in [0.2, 0.25) is 0 Å². The van der Waals surface area contributed by atoms with Crippen LogP contribution in [0.4, 0.5) is 0 Å². The summed E-state index contributed by atoms with van der Waals surface area (Å²) in [6, 6.07) is 4.31. The molecule has 0 aliphatic rings. The van der Waals surface area contributed by atoms with Crippen molar-refractivity contribution in [2.75, 3.05) is 12.5 Å². The van der Waals surface area contributed by atoms with Crippen LogP contribution in [0.3, 0.4) is 0 Å². The number of ether oxygens (including phenoxy) is 1. The third-order valence-electron chi connectivity index (χ3n) is 3.23. The first-order valence-electron chi connectivity index (χ1n) is 6.31. The average molecular weight is 255 g/mol. The summed E-state index contributed by atoms with van der Waals surface area (Å²) in [5.41, 5.74) is 3.81. The van der Waals surface area contributed by atoms with Gasteiger partial charge < -0.3 is 4.74 Å². The van der Waals surface area contributed by atoms with E-state index in [-0.39, 0.29) is 0 Å². The number of alkyl halides is 1. The molecular weight excluding hydrogens is 232 g/mol. The smallest absolute Gasteiger partial charge is 0.122 e. The second-order valence-corrected chi connectivity index (χ2v) is 5.30. The van der Waals surface area contributed by atoms with Crippen LogP contribution in [-0.4, -0.2) is 12.5 Å². The highest BCUT2D eigenvalue weighted by atomic mass is 35.5. The third-order valence-corrected chi connectivity index (χ3v) is 3.45. The van der Waals surface area contributed by atoms with Gasteiger partial charge in [0, 0.05) is 5.88 Å². The van der Waals surface area contributed by atoms with Gasteiger partial charge in [-0.2, -0.15) is 0 Å². The Bertz CT molecular complexity index is 360. The van der Waals surface area contributed by atoms with E-state index in [1.807, 2.05) is 0 Å².